The standard InChI is InChI=1S/C22H42O4Si/c1-7-8-9-10-11-18-19-14-12-16-17(23)13-15-20(22(16,24-18)25-19)26-27(5,6)21(2,3)4/h16-20,23H,7-15H2,1-6H3/t16-,17+,18+,19+,20+,22+/m1/s1. The van der Waals surface area contributed by atoms with E-state index >= 15 is 0 Å². The van der Waals surface area contributed by atoms with Gasteiger partial charge >= 0.3 is 0 Å². The van der Waals surface area contributed by atoms with E-state index in [1.807, 2.05) is 0 Å². The highest BCUT2D eigenvalue weighted by atomic mass is 28.4. The first-order chi connectivity index (χ1) is 12.6. The normalized spacial score (nSPS) is 39.4. The molecule has 1 N–H and O–H groups in total. The molecule has 0 aromatic rings. The second kappa shape index (κ2) is 8.06. The Morgan fingerprint density at radius 2 is 1.78 bits per heavy atom. The van der Waals surface area contributed by atoms with Crippen LogP contribution in [0.3, 0.4) is 0 Å². The van der Waals surface area contributed by atoms with Gasteiger partial charge in [0.2, 0.25) is 0 Å². The fraction of sp³-hybridized carbons (Fsp3) is 1.00. The van der Waals surface area contributed by atoms with Crippen molar-refractivity contribution in [2.45, 2.75) is 134 Å². The molecule has 27 heavy (non-hydrogen) atoms. The van der Waals surface area contributed by atoms with Gasteiger partial charge in [-0.2, -0.15) is 0 Å². The number of aliphatic hydroxyl groups is 1. The molecule has 2 bridgehead atoms. The lowest BCUT2D eigenvalue weighted by atomic mass is 9.75. The van der Waals surface area contributed by atoms with E-state index < -0.39 is 14.1 Å². The van der Waals surface area contributed by atoms with Gasteiger partial charge in [-0.25, -0.2) is 0 Å². The van der Waals surface area contributed by atoms with Crippen LogP contribution in [0.2, 0.25) is 18.1 Å². The number of hydrogen-bond acceptors (Lipinski definition) is 4. The van der Waals surface area contributed by atoms with Crippen LogP contribution >= 0.6 is 0 Å². The van der Waals surface area contributed by atoms with Crippen LogP contribution in [0.1, 0.15) is 85.5 Å². The van der Waals surface area contributed by atoms with Gasteiger partial charge in [0.25, 0.3) is 0 Å². The van der Waals surface area contributed by atoms with Crippen molar-refractivity contribution in [3.63, 3.8) is 0 Å². The van der Waals surface area contributed by atoms with E-state index in [4.69, 9.17) is 13.9 Å². The summed E-state index contributed by atoms with van der Waals surface area (Å²) in [4.78, 5) is 0. The van der Waals surface area contributed by atoms with Gasteiger partial charge in [0, 0.05) is 5.92 Å². The maximum Gasteiger partial charge on any atom is 0.199 e. The van der Waals surface area contributed by atoms with Crippen LogP contribution in [0.5, 0.6) is 0 Å². The summed E-state index contributed by atoms with van der Waals surface area (Å²) < 4.78 is 20.2. The van der Waals surface area contributed by atoms with E-state index in [1.54, 1.807) is 0 Å². The van der Waals surface area contributed by atoms with Crippen LogP contribution < -0.4 is 0 Å². The summed E-state index contributed by atoms with van der Waals surface area (Å²) in [6.45, 7) is 13.7. The number of hydrogen-bond donors (Lipinski definition) is 1. The van der Waals surface area contributed by atoms with Crippen LogP contribution in [-0.4, -0.2) is 43.6 Å². The fourth-order valence-corrected chi connectivity index (χ4v) is 6.23. The molecule has 1 saturated carbocycles. The smallest absolute Gasteiger partial charge is 0.199 e. The molecule has 2 aliphatic heterocycles. The van der Waals surface area contributed by atoms with Crippen LogP contribution in [0.15, 0.2) is 0 Å². The molecule has 2 heterocycles. The van der Waals surface area contributed by atoms with E-state index in [2.05, 4.69) is 40.8 Å². The van der Waals surface area contributed by atoms with Crippen LogP contribution in [0, 0.1) is 5.92 Å². The molecule has 1 aliphatic carbocycles. The zero-order valence-corrected chi connectivity index (χ0v) is 19.4. The van der Waals surface area contributed by atoms with E-state index in [9.17, 15) is 5.11 Å². The third-order valence-corrected chi connectivity index (χ3v) is 12.1. The van der Waals surface area contributed by atoms with Crippen molar-refractivity contribution < 1.29 is 19.0 Å². The predicted molar refractivity (Wildman–Crippen MR) is 111 cm³/mol. The Labute approximate surface area is 167 Å². The van der Waals surface area contributed by atoms with Gasteiger partial charge in [0.1, 0.15) is 0 Å². The third kappa shape index (κ3) is 4.18. The van der Waals surface area contributed by atoms with Crippen molar-refractivity contribution in [3.05, 3.63) is 0 Å². The average molecular weight is 399 g/mol. The van der Waals surface area contributed by atoms with Crippen LogP contribution in [0.25, 0.3) is 0 Å². The molecular weight excluding hydrogens is 356 g/mol. The number of unbranched alkanes of at least 4 members (excludes halogenated alkanes) is 3. The SMILES string of the molecule is CCCCCC[C@@H]1O[C@]23O[C@H]1CC[C@@H]2[C@@H](O)CC[C@@H]3O[Si](C)(C)C(C)(C)C. The monoisotopic (exact) mass is 398 g/mol. The van der Waals surface area contributed by atoms with Gasteiger partial charge in [-0.1, -0.05) is 53.4 Å². The van der Waals surface area contributed by atoms with Crippen molar-refractivity contribution >= 4 is 8.32 Å². The minimum atomic E-state index is -1.94. The van der Waals surface area contributed by atoms with Crippen molar-refractivity contribution in [2.75, 3.05) is 0 Å². The number of ether oxygens (including phenoxy) is 2. The molecule has 0 amide bonds. The van der Waals surface area contributed by atoms with Gasteiger partial charge in [0.15, 0.2) is 14.1 Å². The van der Waals surface area contributed by atoms with E-state index in [0.717, 1.165) is 32.1 Å². The van der Waals surface area contributed by atoms with Gasteiger partial charge in [-0.05, 0) is 50.2 Å². The lowest BCUT2D eigenvalue weighted by Crippen LogP contribution is -2.62. The summed E-state index contributed by atoms with van der Waals surface area (Å²) in [5.41, 5.74) is 0. The molecule has 3 rings (SSSR count). The van der Waals surface area contributed by atoms with Crippen molar-refractivity contribution in [1.29, 1.82) is 0 Å². The molecule has 1 spiro atoms. The molecular formula is C22H42O4Si. The minimum absolute atomic E-state index is 0.0461. The fourth-order valence-electron chi connectivity index (χ4n) is 4.88. The summed E-state index contributed by atoms with van der Waals surface area (Å²) in [5.74, 6) is -0.663. The lowest BCUT2D eigenvalue weighted by Gasteiger charge is -2.52. The Bertz CT molecular complexity index is 503. The first-order valence-electron chi connectivity index (χ1n) is 11.3. The van der Waals surface area contributed by atoms with Gasteiger partial charge in [0.05, 0.1) is 24.4 Å². The summed E-state index contributed by atoms with van der Waals surface area (Å²) in [7, 11) is -1.94. The van der Waals surface area contributed by atoms with E-state index in [-0.39, 0.29) is 35.4 Å². The highest BCUT2D eigenvalue weighted by Crippen LogP contribution is 2.54. The highest BCUT2D eigenvalue weighted by Gasteiger charge is 2.64. The topological polar surface area (TPSA) is 47.9 Å². The molecule has 0 radical (unpaired) electrons. The van der Waals surface area contributed by atoms with Crippen molar-refractivity contribution in [3.8, 4) is 0 Å². The van der Waals surface area contributed by atoms with E-state index in [0.29, 0.717) is 0 Å². The average Bonchev–Trinajstić information content (AvgIpc) is 2.85. The summed E-state index contributed by atoms with van der Waals surface area (Å²) in [5, 5.41) is 10.9. The second-order valence-corrected chi connectivity index (χ2v) is 15.3. The Kier molecular flexibility index (Phi) is 6.49. The summed E-state index contributed by atoms with van der Waals surface area (Å²) >= 11 is 0. The zero-order valence-electron chi connectivity index (χ0n) is 18.4. The highest BCUT2D eigenvalue weighted by molar-refractivity contribution is 6.74. The number of rotatable bonds is 7. The molecule has 158 valence electrons. The Morgan fingerprint density at radius 3 is 2.44 bits per heavy atom. The molecule has 0 aromatic heterocycles. The van der Waals surface area contributed by atoms with Crippen molar-refractivity contribution in [1.82, 2.24) is 0 Å². The summed E-state index contributed by atoms with van der Waals surface area (Å²) in [6.07, 6.45) is 9.70. The quantitative estimate of drug-likeness (QED) is 0.461. The van der Waals surface area contributed by atoms with Gasteiger partial charge in [-0.3, -0.25) is 0 Å². The third-order valence-electron chi connectivity index (χ3n) is 7.59. The first-order valence-corrected chi connectivity index (χ1v) is 14.2. The molecule has 2 saturated heterocycles. The van der Waals surface area contributed by atoms with Gasteiger partial charge in [-0.15, -0.1) is 0 Å². The van der Waals surface area contributed by atoms with E-state index in [1.165, 1.54) is 25.7 Å². The second-order valence-electron chi connectivity index (χ2n) is 10.6. The Morgan fingerprint density at radius 1 is 1.04 bits per heavy atom. The Hall–Kier alpha value is 0.0569. The predicted octanol–water partition coefficient (Wildman–Crippen LogP) is 5.39. The number of aliphatic hydroxyl groups excluding tert-OH is 1. The maximum atomic E-state index is 10.7. The van der Waals surface area contributed by atoms with Crippen LogP contribution in [0.4, 0.5) is 0 Å². The maximum absolute atomic E-state index is 10.7. The lowest BCUT2D eigenvalue weighted by molar-refractivity contribution is -0.303. The largest absolute Gasteiger partial charge is 0.408 e. The zero-order chi connectivity index (χ0) is 19.9. The molecule has 5 heteroatoms. The first kappa shape index (κ1) is 21.8. The molecule has 3 aliphatic rings. The van der Waals surface area contributed by atoms with Gasteiger partial charge < -0.3 is 19.0 Å². The van der Waals surface area contributed by atoms with Crippen molar-refractivity contribution in [2.24, 2.45) is 5.92 Å². The molecule has 4 nitrogen and oxygen atoms in total. The molecule has 3 fully saturated rings. The molecule has 0 unspecified atom stereocenters. The minimum Gasteiger partial charge on any atom is -0.408 e. The summed E-state index contributed by atoms with van der Waals surface area (Å²) in [6, 6.07) is 0. The molecule has 6 atom stereocenters. The molecule has 0 aromatic carbocycles. The Balaban J connectivity index is 1.76. The number of fused-ring (bicyclic) bond motifs is 1. The van der Waals surface area contributed by atoms with Crippen LogP contribution in [-0.2, 0) is 13.9 Å².